The van der Waals surface area contributed by atoms with Crippen LogP contribution in [-0.2, 0) is 28.5 Å². The van der Waals surface area contributed by atoms with Crippen molar-refractivity contribution in [1.29, 1.82) is 0 Å². The van der Waals surface area contributed by atoms with E-state index in [0.717, 1.165) is 64.2 Å². The van der Waals surface area contributed by atoms with Gasteiger partial charge in [-0.05, 0) is 51.4 Å². The maximum atomic E-state index is 12.8. The number of allylic oxidation sites excluding steroid dienone is 8. The molecule has 0 saturated carbocycles. The Kier molecular flexibility index (Phi) is 42.4. The normalized spacial score (nSPS) is 19.6. The van der Waals surface area contributed by atoms with Crippen LogP contribution in [0, 0.1) is 0 Å². The summed E-state index contributed by atoms with van der Waals surface area (Å²) in [7, 11) is 0. The van der Waals surface area contributed by atoms with Gasteiger partial charge in [-0.15, -0.1) is 0 Å². The highest BCUT2D eigenvalue weighted by Crippen LogP contribution is 2.23. The summed E-state index contributed by atoms with van der Waals surface area (Å²) in [5.74, 6) is -0.835. The van der Waals surface area contributed by atoms with Gasteiger partial charge in [0, 0.05) is 12.8 Å². The van der Waals surface area contributed by atoms with Gasteiger partial charge < -0.3 is 39.4 Å². The molecule has 0 aromatic heterocycles. The summed E-state index contributed by atoms with van der Waals surface area (Å²) in [6, 6.07) is 0. The van der Waals surface area contributed by atoms with E-state index >= 15 is 0 Å². The van der Waals surface area contributed by atoms with Gasteiger partial charge in [0.2, 0.25) is 0 Å². The molecular formula is C55H98O10. The molecule has 0 amide bonds. The largest absolute Gasteiger partial charge is 0.462 e. The first-order valence-corrected chi connectivity index (χ1v) is 26.7. The quantitative estimate of drug-likeness (QED) is 0.0264. The summed E-state index contributed by atoms with van der Waals surface area (Å²) in [6.45, 7) is 3.36. The zero-order valence-electron chi connectivity index (χ0n) is 41.5. The van der Waals surface area contributed by atoms with Gasteiger partial charge in [0.15, 0.2) is 12.4 Å². The fraction of sp³-hybridized carbons (Fsp3) is 0.818. The predicted molar refractivity (Wildman–Crippen MR) is 265 cm³/mol. The van der Waals surface area contributed by atoms with Crippen molar-refractivity contribution in [2.24, 2.45) is 0 Å². The minimum absolute atomic E-state index is 0.193. The molecule has 65 heavy (non-hydrogen) atoms. The highest BCUT2D eigenvalue weighted by atomic mass is 16.7. The van der Waals surface area contributed by atoms with E-state index in [-0.39, 0.29) is 32.0 Å². The summed E-state index contributed by atoms with van der Waals surface area (Å²) in [5.41, 5.74) is 0. The molecule has 10 heteroatoms. The lowest BCUT2D eigenvalue weighted by molar-refractivity contribution is -0.305. The Morgan fingerprint density at radius 1 is 0.477 bits per heavy atom. The molecule has 0 spiro atoms. The number of aliphatic hydroxyl groups excluding tert-OH is 4. The summed E-state index contributed by atoms with van der Waals surface area (Å²) in [4.78, 5) is 25.5. The standard InChI is InChI=1S/C55H98O10/c1-3-5-7-9-11-13-15-17-19-21-22-23-24-25-26-28-29-31-33-35-37-39-41-43-50(57)62-46-48(47-63-55-54(61)53(60)52(59)49(45-56)65-55)64-51(58)44-42-40-38-36-34-32-30-27-20-18-16-14-12-10-8-6-4-2/h8,10,14,16,20,27,32,34,48-49,52-56,59-61H,3-7,9,11-13,15,17-19,21-26,28-31,33,35-47H2,1-2H3/b10-8+,16-14+,27-20+,34-32+/t48-,49-,52+,53?,54?,55-/m0/s1. The molecule has 4 N–H and O–H groups in total. The Morgan fingerprint density at radius 2 is 0.892 bits per heavy atom. The maximum Gasteiger partial charge on any atom is 0.306 e. The second-order valence-electron chi connectivity index (χ2n) is 18.3. The van der Waals surface area contributed by atoms with E-state index in [1.165, 1.54) is 135 Å². The molecule has 0 aromatic rings. The van der Waals surface area contributed by atoms with E-state index in [1.54, 1.807) is 0 Å². The third-order valence-corrected chi connectivity index (χ3v) is 12.2. The zero-order chi connectivity index (χ0) is 47.3. The molecule has 0 bridgehead atoms. The number of hydrogen-bond acceptors (Lipinski definition) is 10. The molecule has 0 aliphatic carbocycles. The molecule has 0 aromatic carbocycles. The third-order valence-electron chi connectivity index (χ3n) is 12.2. The van der Waals surface area contributed by atoms with Crippen LogP contribution < -0.4 is 0 Å². The Balaban J connectivity index is 2.24. The van der Waals surface area contributed by atoms with Crippen LogP contribution in [0.2, 0.25) is 0 Å². The van der Waals surface area contributed by atoms with E-state index in [1.807, 2.05) is 0 Å². The fourth-order valence-electron chi connectivity index (χ4n) is 8.00. The number of hydrogen-bond donors (Lipinski definition) is 4. The van der Waals surface area contributed by atoms with Crippen LogP contribution in [0.3, 0.4) is 0 Å². The number of rotatable bonds is 45. The van der Waals surface area contributed by atoms with Crippen LogP contribution in [0.1, 0.15) is 232 Å². The molecule has 2 unspecified atom stereocenters. The van der Waals surface area contributed by atoms with E-state index in [4.69, 9.17) is 18.9 Å². The van der Waals surface area contributed by atoms with Crippen LogP contribution in [0.25, 0.3) is 0 Å². The third kappa shape index (κ3) is 36.4. The van der Waals surface area contributed by atoms with Gasteiger partial charge in [0.25, 0.3) is 0 Å². The SMILES string of the molecule is CCC/C=C/C/C=C/C/C=C/C/C=C/CCCCCC(=O)O[C@@H](COC(=O)CCCCCCCCCCCCCCCCCCCCCCCCC)CO[C@H]1O[C@@H](CO)[C@@H](O)C(O)C1O. The lowest BCUT2D eigenvalue weighted by Crippen LogP contribution is -2.59. The monoisotopic (exact) mass is 919 g/mol. The van der Waals surface area contributed by atoms with E-state index in [9.17, 15) is 30.0 Å². The number of carbonyl (C=O) groups excluding carboxylic acids is 2. The first-order chi connectivity index (χ1) is 31.8. The molecule has 1 aliphatic heterocycles. The fourth-order valence-corrected chi connectivity index (χ4v) is 8.00. The molecule has 1 aliphatic rings. The highest BCUT2D eigenvalue weighted by molar-refractivity contribution is 5.70. The average molecular weight is 919 g/mol. The summed E-state index contributed by atoms with van der Waals surface area (Å²) in [5, 5.41) is 40.2. The van der Waals surface area contributed by atoms with Crippen molar-refractivity contribution in [2.75, 3.05) is 19.8 Å². The van der Waals surface area contributed by atoms with Gasteiger partial charge in [-0.25, -0.2) is 0 Å². The van der Waals surface area contributed by atoms with Gasteiger partial charge >= 0.3 is 11.9 Å². The average Bonchev–Trinajstić information content (AvgIpc) is 3.30. The number of esters is 2. The van der Waals surface area contributed by atoms with E-state index in [2.05, 4.69) is 62.5 Å². The van der Waals surface area contributed by atoms with E-state index in [0.29, 0.717) is 6.42 Å². The first-order valence-electron chi connectivity index (χ1n) is 26.7. The Bertz CT molecular complexity index is 1200. The van der Waals surface area contributed by atoms with Gasteiger partial charge in [-0.2, -0.15) is 0 Å². The van der Waals surface area contributed by atoms with Crippen molar-refractivity contribution in [3.63, 3.8) is 0 Å². The van der Waals surface area contributed by atoms with Crippen molar-refractivity contribution in [3.8, 4) is 0 Å². The first kappa shape index (κ1) is 60.7. The molecule has 1 fully saturated rings. The van der Waals surface area contributed by atoms with Crippen LogP contribution in [-0.4, -0.2) is 89.0 Å². The Hall–Kier alpha value is -2.34. The van der Waals surface area contributed by atoms with E-state index < -0.39 is 49.4 Å². The van der Waals surface area contributed by atoms with Gasteiger partial charge in [-0.3, -0.25) is 9.59 Å². The molecule has 10 nitrogen and oxygen atoms in total. The van der Waals surface area contributed by atoms with Crippen molar-refractivity contribution < 1.29 is 49.0 Å². The van der Waals surface area contributed by atoms with Crippen LogP contribution in [0.4, 0.5) is 0 Å². The minimum Gasteiger partial charge on any atom is -0.462 e. The molecular weight excluding hydrogens is 821 g/mol. The lowest BCUT2D eigenvalue weighted by atomic mass is 9.99. The smallest absolute Gasteiger partial charge is 0.306 e. The zero-order valence-corrected chi connectivity index (χ0v) is 41.5. The van der Waals surface area contributed by atoms with Gasteiger partial charge in [-0.1, -0.05) is 217 Å². The molecule has 6 atom stereocenters. The maximum absolute atomic E-state index is 12.8. The number of carbonyl (C=O) groups is 2. The van der Waals surface area contributed by atoms with Crippen molar-refractivity contribution in [3.05, 3.63) is 48.6 Å². The van der Waals surface area contributed by atoms with Gasteiger partial charge in [0.1, 0.15) is 31.0 Å². The Morgan fingerprint density at radius 3 is 1.35 bits per heavy atom. The van der Waals surface area contributed by atoms with Crippen LogP contribution in [0.5, 0.6) is 0 Å². The number of unbranched alkanes of at least 4 members (excludes halogenated alkanes) is 26. The van der Waals surface area contributed by atoms with Gasteiger partial charge in [0.05, 0.1) is 13.2 Å². The number of ether oxygens (including phenoxy) is 4. The second kappa shape index (κ2) is 45.4. The highest BCUT2D eigenvalue weighted by Gasteiger charge is 2.44. The van der Waals surface area contributed by atoms with Crippen LogP contribution >= 0.6 is 0 Å². The minimum atomic E-state index is -1.60. The van der Waals surface area contributed by atoms with Crippen molar-refractivity contribution in [1.82, 2.24) is 0 Å². The second-order valence-corrected chi connectivity index (χ2v) is 18.3. The molecule has 1 saturated heterocycles. The van der Waals surface area contributed by atoms with Crippen molar-refractivity contribution >= 4 is 11.9 Å². The number of aliphatic hydroxyl groups is 4. The summed E-state index contributed by atoms with van der Waals surface area (Å²) < 4.78 is 22.2. The lowest BCUT2D eigenvalue weighted by Gasteiger charge is -2.39. The molecule has 0 radical (unpaired) electrons. The summed E-state index contributed by atoms with van der Waals surface area (Å²) in [6.07, 6.45) is 48.4. The topological polar surface area (TPSA) is 152 Å². The summed E-state index contributed by atoms with van der Waals surface area (Å²) >= 11 is 0. The molecule has 1 heterocycles. The predicted octanol–water partition coefficient (Wildman–Crippen LogP) is 12.8. The molecule has 1 rings (SSSR count). The Labute approximate surface area is 397 Å². The molecule has 378 valence electrons. The van der Waals surface area contributed by atoms with Crippen LogP contribution in [0.15, 0.2) is 48.6 Å². The van der Waals surface area contributed by atoms with Crippen molar-refractivity contribution in [2.45, 2.75) is 269 Å².